The Balaban J connectivity index is 1.80. The molecular formula is C23H25ClN2O2S. The number of halogens is 1. The van der Waals surface area contributed by atoms with Crippen LogP contribution in [0.2, 0.25) is 5.02 Å². The molecule has 0 aliphatic carbocycles. The number of hydrogen-bond acceptors (Lipinski definition) is 3. The molecule has 0 aliphatic rings. The monoisotopic (exact) mass is 428 g/mol. The SMILES string of the molecule is CSc1ccc(CNCc2c(C(=O)O)c(C)n(Cc3cccc(Cl)c3)c2C)cc1. The predicted molar refractivity (Wildman–Crippen MR) is 120 cm³/mol. The van der Waals surface area contributed by atoms with Crippen molar-refractivity contribution in [2.24, 2.45) is 0 Å². The lowest BCUT2D eigenvalue weighted by Gasteiger charge is -2.11. The van der Waals surface area contributed by atoms with E-state index in [0.29, 0.717) is 30.2 Å². The fourth-order valence-corrected chi connectivity index (χ4v) is 4.20. The van der Waals surface area contributed by atoms with Crippen molar-refractivity contribution in [3.63, 3.8) is 0 Å². The topological polar surface area (TPSA) is 54.3 Å². The van der Waals surface area contributed by atoms with Gasteiger partial charge < -0.3 is 15.0 Å². The minimum absolute atomic E-state index is 0.384. The summed E-state index contributed by atoms with van der Waals surface area (Å²) in [6, 6.07) is 16.1. The fourth-order valence-electron chi connectivity index (χ4n) is 3.58. The van der Waals surface area contributed by atoms with E-state index < -0.39 is 5.97 Å². The van der Waals surface area contributed by atoms with Crippen molar-refractivity contribution in [3.05, 3.63) is 87.2 Å². The second-order valence-electron chi connectivity index (χ2n) is 7.00. The van der Waals surface area contributed by atoms with E-state index >= 15 is 0 Å². The number of nitrogens with one attached hydrogen (secondary N) is 1. The van der Waals surface area contributed by atoms with Crippen LogP contribution in [0.15, 0.2) is 53.4 Å². The normalized spacial score (nSPS) is 11.0. The molecule has 0 saturated carbocycles. The van der Waals surface area contributed by atoms with Crippen LogP contribution in [-0.4, -0.2) is 21.9 Å². The first-order valence-electron chi connectivity index (χ1n) is 9.40. The molecule has 1 heterocycles. The molecule has 0 aliphatic heterocycles. The van der Waals surface area contributed by atoms with Crippen molar-refractivity contribution in [2.45, 2.75) is 38.4 Å². The summed E-state index contributed by atoms with van der Waals surface area (Å²) in [6.07, 6.45) is 2.06. The zero-order chi connectivity index (χ0) is 21.0. The molecule has 2 N–H and O–H groups in total. The Labute approximate surface area is 180 Å². The van der Waals surface area contributed by atoms with Gasteiger partial charge in [-0.25, -0.2) is 4.79 Å². The number of carboxylic acid groups (broad SMARTS) is 1. The van der Waals surface area contributed by atoms with Crippen molar-refractivity contribution in [3.8, 4) is 0 Å². The summed E-state index contributed by atoms with van der Waals surface area (Å²) < 4.78 is 2.05. The molecule has 0 spiro atoms. The van der Waals surface area contributed by atoms with Crippen LogP contribution in [0.25, 0.3) is 0 Å². The summed E-state index contributed by atoms with van der Waals surface area (Å²) in [5, 5.41) is 13.9. The summed E-state index contributed by atoms with van der Waals surface area (Å²) in [6.45, 7) is 5.63. The van der Waals surface area contributed by atoms with E-state index in [0.717, 1.165) is 22.5 Å². The Bertz CT molecular complexity index is 1010. The van der Waals surface area contributed by atoms with E-state index in [1.54, 1.807) is 11.8 Å². The van der Waals surface area contributed by atoms with Crippen LogP contribution in [0, 0.1) is 13.8 Å². The lowest BCUT2D eigenvalue weighted by molar-refractivity contribution is 0.0694. The second-order valence-corrected chi connectivity index (χ2v) is 8.31. The van der Waals surface area contributed by atoms with Crippen molar-refractivity contribution in [1.82, 2.24) is 9.88 Å². The van der Waals surface area contributed by atoms with Crippen molar-refractivity contribution >= 4 is 29.3 Å². The standard InChI is InChI=1S/C23H25ClN2O2S/c1-15-21(13-25-12-17-7-9-20(29-3)10-8-17)22(23(27)28)16(2)26(15)14-18-5-4-6-19(24)11-18/h4-11,25H,12-14H2,1-3H3,(H,27,28). The second kappa shape index (κ2) is 9.53. The first-order valence-corrected chi connectivity index (χ1v) is 11.0. The minimum Gasteiger partial charge on any atom is -0.478 e. The maximum Gasteiger partial charge on any atom is 0.337 e. The summed E-state index contributed by atoms with van der Waals surface area (Å²) in [5.74, 6) is -0.892. The molecule has 4 nitrogen and oxygen atoms in total. The highest BCUT2D eigenvalue weighted by atomic mass is 35.5. The number of aromatic carboxylic acids is 1. The molecule has 0 amide bonds. The Morgan fingerprint density at radius 3 is 2.41 bits per heavy atom. The average molecular weight is 429 g/mol. The van der Waals surface area contributed by atoms with E-state index in [-0.39, 0.29) is 0 Å². The number of nitrogens with zero attached hydrogens (tertiary/aromatic N) is 1. The third kappa shape index (κ3) is 5.04. The van der Waals surface area contributed by atoms with E-state index in [4.69, 9.17) is 11.6 Å². The molecule has 0 fully saturated rings. The molecule has 152 valence electrons. The summed E-state index contributed by atoms with van der Waals surface area (Å²) in [4.78, 5) is 13.2. The summed E-state index contributed by atoms with van der Waals surface area (Å²) in [7, 11) is 0. The van der Waals surface area contributed by atoms with Gasteiger partial charge in [0.2, 0.25) is 0 Å². The average Bonchev–Trinajstić information content (AvgIpc) is 2.93. The van der Waals surface area contributed by atoms with Crippen LogP contribution < -0.4 is 5.32 Å². The van der Waals surface area contributed by atoms with E-state index in [2.05, 4.69) is 40.4 Å². The zero-order valence-electron chi connectivity index (χ0n) is 16.8. The molecule has 0 atom stereocenters. The summed E-state index contributed by atoms with van der Waals surface area (Å²) >= 11 is 7.82. The largest absolute Gasteiger partial charge is 0.478 e. The molecule has 0 saturated heterocycles. The Morgan fingerprint density at radius 1 is 1.07 bits per heavy atom. The van der Waals surface area contributed by atoms with Gasteiger partial charge in [-0.1, -0.05) is 35.9 Å². The van der Waals surface area contributed by atoms with Gasteiger partial charge >= 0.3 is 5.97 Å². The van der Waals surface area contributed by atoms with E-state index in [9.17, 15) is 9.90 Å². The smallest absolute Gasteiger partial charge is 0.337 e. The maximum atomic E-state index is 12.0. The highest BCUT2D eigenvalue weighted by Gasteiger charge is 2.22. The number of thioether (sulfide) groups is 1. The quantitative estimate of drug-likeness (QED) is 0.464. The Hall–Kier alpha value is -2.21. The molecule has 6 heteroatoms. The lowest BCUT2D eigenvalue weighted by atomic mass is 10.1. The Morgan fingerprint density at radius 2 is 1.79 bits per heavy atom. The third-order valence-electron chi connectivity index (χ3n) is 5.14. The highest BCUT2D eigenvalue weighted by molar-refractivity contribution is 7.98. The molecular weight excluding hydrogens is 404 g/mol. The van der Waals surface area contributed by atoms with Crippen molar-refractivity contribution in [2.75, 3.05) is 6.26 Å². The van der Waals surface area contributed by atoms with Gasteiger partial charge in [0.15, 0.2) is 0 Å². The van der Waals surface area contributed by atoms with E-state index in [1.807, 2.05) is 38.1 Å². The molecule has 0 radical (unpaired) electrons. The van der Waals surface area contributed by atoms with Gasteiger partial charge in [-0.3, -0.25) is 0 Å². The predicted octanol–water partition coefficient (Wildman–Crippen LogP) is 5.52. The molecule has 3 aromatic rings. The van der Waals surface area contributed by atoms with Crippen LogP contribution in [0.5, 0.6) is 0 Å². The number of aromatic nitrogens is 1. The minimum atomic E-state index is -0.892. The van der Waals surface area contributed by atoms with Crippen molar-refractivity contribution < 1.29 is 9.90 Å². The number of carbonyl (C=O) groups is 1. The van der Waals surface area contributed by atoms with Gasteiger partial charge in [0.1, 0.15) is 0 Å². The van der Waals surface area contributed by atoms with E-state index in [1.165, 1.54) is 10.5 Å². The zero-order valence-corrected chi connectivity index (χ0v) is 18.4. The number of benzene rings is 2. The van der Waals surface area contributed by atoms with Gasteiger partial charge in [0.05, 0.1) is 5.56 Å². The lowest BCUT2D eigenvalue weighted by Crippen LogP contribution is -2.15. The first kappa shape index (κ1) is 21.5. The Kier molecular flexibility index (Phi) is 7.06. The van der Waals surface area contributed by atoms with Crippen LogP contribution in [0.1, 0.15) is 38.4 Å². The fraction of sp³-hybridized carbons (Fsp3) is 0.261. The maximum absolute atomic E-state index is 12.0. The number of hydrogen-bond donors (Lipinski definition) is 2. The first-order chi connectivity index (χ1) is 13.9. The molecule has 3 rings (SSSR count). The number of rotatable bonds is 8. The highest BCUT2D eigenvalue weighted by Crippen LogP contribution is 2.25. The van der Waals surface area contributed by atoms with Crippen molar-refractivity contribution in [1.29, 1.82) is 0 Å². The van der Waals surface area contributed by atoms with Gasteiger partial charge in [0.25, 0.3) is 0 Å². The summed E-state index contributed by atoms with van der Waals surface area (Å²) in [5.41, 5.74) is 5.16. The van der Waals surface area contributed by atoms with Crippen LogP contribution in [-0.2, 0) is 19.6 Å². The van der Waals surface area contributed by atoms with Crippen LogP contribution in [0.3, 0.4) is 0 Å². The molecule has 0 bridgehead atoms. The molecule has 2 aromatic carbocycles. The van der Waals surface area contributed by atoms with Crippen LogP contribution >= 0.6 is 23.4 Å². The number of carboxylic acids is 1. The third-order valence-corrected chi connectivity index (χ3v) is 6.12. The van der Waals surface area contributed by atoms with Crippen LogP contribution in [0.4, 0.5) is 0 Å². The molecule has 1 aromatic heterocycles. The molecule has 29 heavy (non-hydrogen) atoms. The van der Waals surface area contributed by atoms with Gasteiger partial charge in [-0.2, -0.15) is 0 Å². The van der Waals surface area contributed by atoms with Gasteiger partial charge in [-0.15, -0.1) is 11.8 Å². The van der Waals surface area contributed by atoms with Gasteiger partial charge in [-0.05, 0) is 55.5 Å². The van der Waals surface area contributed by atoms with Gasteiger partial charge in [0, 0.05) is 46.5 Å². The molecule has 0 unspecified atom stereocenters.